The maximum absolute atomic E-state index is 13.8. The highest BCUT2D eigenvalue weighted by Crippen LogP contribution is 2.34. The number of nitrogens with one attached hydrogen (secondary N) is 2. The van der Waals surface area contributed by atoms with Gasteiger partial charge in [0.1, 0.15) is 5.69 Å². The van der Waals surface area contributed by atoms with Crippen molar-refractivity contribution in [2.45, 2.75) is 84.2 Å². The van der Waals surface area contributed by atoms with Crippen LogP contribution in [0, 0.1) is 13.8 Å². The Hall–Kier alpha value is -4.02. The highest BCUT2D eigenvalue weighted by atomic mass is 19.1. The molecule has 10 heteroatoms. The summed E-state index contributed by atoms with van der Waals surface area (Å²) in [5.74, 6) is 0.0732. The molecule has 2 aromatic carbocycles. The van der Waals surface area contributed by atoms with Crippen LogP contribution in [0.25, 0.3) is 10.9 Å². The van der Waals surface area contributed by atoms with Gasteiger partial charge in [0.05, 0.1) is 5.69 Å². The van der Waals surface area contributed by atoms with Gasteiger partial charge >= 0.3 is 0 Å². The first kappa shape index (κ1) is 32.4. The van der Waals surface area contributed by atoms with Crippen LogP contribution in [0.5, 0.6) is 0 Å². The van der Waals surface area contributed by atoms with Crippen molar-refractivity contribution >= 4 is 28.4 Å². The molecular weight excluding hydrogens is 571 g/mol. The maximum Gasteiger partial charge on any atom is 0.273 e. The third kappa shape index (κ3) is 7.62. The molecule has 9 nitrogen and oxygen atoms in total. The molecule has 4 aromatic rings. The summed E-state index contributed by atoms with van der Waals surface area (Å²) in [6.45, 7) is 7.94. The minimum absolute atomic E-state index is 0.0712. The van der Waals surface area contributed by atoms with Crippen molar-refractivity contribution in [2.24, 2.45) is 5.73 Å². The van der Waals surface area contributed by atoms with Crippen LogP contribution in [0.4, 0.5) is 10.1 Å². The predicted octanol–water partition coefficient (Wildman–Crippen LogP) is 5.79. The van der Waals surface area contributed by atoms with Gasteiger partial charge in [0.25, 0.3) is 5.91 Å². The van der Waals surface area contributed by atoms with Crippen molar-refractivity contribution in [3.05, 3.63) is 82.3 Å². The van der Waals surface area contributed by atoms with E-state index in [1.54, 1.807) is 10.7 Å². The van der Waals surface area contributed by atoms with E-state index >= 15 is 0 Å². The Morgan fingerprint density at radius 3 is 2.71 bits per heavy atom. The summed E-state index contributed by atoms with van der Waals surface area (Å²) in [6, 6.07) is 15.2. The number of carbonyl (C=O) groups is 2. The van der Waals surface area contributed by atoms with Crippen molar-refractivity contribution in [1.82, 2.24) is 19.7 Å². The highest BCUT2D eigenvalue weighted by Gasteiger charge is 2.28. The van der Waals surface area contributed by atoms with Crippen LogP contribution in [0.15, 0.2) is 48.5 Å². The number of para-hydroxylation sites is 1. The standard InChI is InChI=1S/C35H45FN6O3/c1-5-42-30(18-22(2)40-42)35(44)38-28-14-11-24(12-15-28)19-27(37)20-32(43)41-17-7-9-26(21-41)33-23(3)29-10-6-8-25(34(29)39-33)13-16-31(36)45-4/h6,8,10-12,14-15,18,26-27,31,39H,5,7,9,13,16-17,19-21,37H2,1-4H3,(H,38,44). The zero-order chi connectivity index (χ0) is 32.1. The van der Waals surface area contributed by atoms with Gasteiger partial charge < -0.3 is 25.7 Å². The molecule has 1 fully saturated rings. The number of anilines is 1. The number of aromatic nitrogens is 3. The molecule has 45 heavy (non-hydrogen) atoms. The molecule has 1 saturated heterocycles. The second kappa shape index (κ2) is 14.4. The molecule has 0 radical (unpaired) electrons. The average Bonchev–Trinajstić information content (AvgIpc) is 3.60. The smallest absolute Gasteiger partial charge is 0.273 e. The van der Waals surface area contributed by atoms with E-state index in [-0.39, 0.29) is 30.2 Å². The summed E-state index contributed by atoms with van der Waals surface area (Å²) >= 11 is 0. The van der Waals surface area contributed by atoms with Crippen molar-refractivity contribution in [3.8, 4) is 0 Å². The second-order valence-electron chi connectivity index (χ2n) is 12.2. The van der Waals surface area contributed by atoms with E-state index in [1.807, 2.05) is 55.1 Å². The number of halogens is 1. The van der Waals surface area contributed by atoms with Gasteiger partial charge in [0, 0.05) is 73.8 Å². The normalized spacial score (nSPS) is 16.6. The van der Waals surface area contributed by atoms with Crippen molar-refractivity contribution in [2.75, 3.05) is 25.5 Å². The van der Waals surface area contributed by atoms with Gasteiger partial charge in [-0.3, -0.25) is 14.3 Å². The van der Waals surface area contributed by atoms with Crippen LogP contribution in [0.1, 0.15) is 77.1 Å². The van der Waals surface area contributed by atoms with E-state index in [4.69, 9.17) is 10.5 Å². The number of amides is 2. The molecule has 3 heterocycles. The summed E-state index contributed by atoms with van der Waals surface area (Å²) in [6.07, 6.45) is 2.37. The lowest BCUT2D eigenvalue weighted by molar-refractivity contribution is -0.132. The first-order valence-electron chi connectivity index (χ1n) is 15.9. The fraction of sp³-hybridized carbons (Fsp3) is 0.457. The molecule has 1 aliphatic heterocycles. The van der Waals surface area contributed by atoms with Crippen LogP contribution in [0.2, 0.25) is 0 Å². The number of nitrogens with two attached hydrogens (primary N) is 1. The molecule has 3 unspecified atom stereocenters. The molecule has 5 rings (SSSR count). The molecule has 2 amide bonds. The molecule has 4 N–H and O–H groups in total. The number of methoxy groups -OCH3 is 1. The largest absolute Gasteiger partial charge is 0.358 e. The number of H-pyrrole nitrogens is 1. The summed E-state index contributed by atoms with van der Waals surface area (Å²) in [7, 11) is 1.39. The van der Waals surface area contributed by atoms with Gasteiger partial charge in [0.2, 0.25) is 5.91 Å². The number of rotatable bonds is 12. The minimum Gasteiger partial charge on any atom is -0.358 e. The molecule has 240 valence electrons. The fourth-order valence-corrected chi connectivity index (χ4v) is 6.49. The van der Waals surface area contributed by atoms with Gasteiger partial charge in [-0.1, -0.05) is 30.3 Å². The van der Waals surface area contributed by atoms with Crippen LogP contribution >= 0.6 is 0 Å². The van der Waals surface area contributed by atoms with Gasteiger partial charge in [-0.15, -0.1) is 0 Å². The number of ether oxygens (including phenoxy) is 1. The van der Waals surface area contributed by atoms with Crippen molar-refractivity contribution < 1.29 is 18.7 Å². The molecule has 0 saturated carbocycles. The molecular formula is C35H45FN6O3. The summed E-state index contributed by atoms with van der Waals surface area (Å²) in [5.41, 5.74) is 14.0. The first-order chi connectivity index (χ1) is 21.7. The van der Waals surface area contributed by atoms with E-state index in [2.05, 4.69) is 28.4 Å². The van der Waals surface area contributed by atoms with Crippen LogP contribution in [-0.2, 0) is 28.9 Å². The minimum atomic E-state index is -1.28. The SMILES string of the molecule is CCn1nc(C)cc1C(=O)Nc1ccc(CC(N)CC(=O)N2CCCC(c3[nH]c4c(CCC(F)OC)cccc4c3C)C2)cc1. The number of alkyl halides is 1. The maximum atomic E-state index is 13.8. The average molecular weight is 617 g/mol. The van der Waals surface area contributed by atoms with E-state index in [1.165, 1.54) is 12.7 Å². The van der Waals surface area contributed by atoms with E-state index in [0.29, 0.717) is 43.7 Å². The van der Waals surface area contributed by atoms with Gasteiger partial charge in [-0.05, 0) is 81.3 Å². The number of piperidine rings is 1. The molecule has 2 aromatic heterocycles. The zero-order valence-corrected chi connectivity index (χ0v) is 26.7. The molecule has 1 aliphatic rings. The van der Waals surface area contributed by atoms with Crippen molar-refractivity contribution in [3.63, 3.8) is 0 Å². The molecule has 0 spiro atoms. The Bertz CT molecular complexity index is 1630. The number of aryl methyl sites for hydroxylation is 4. The third-order valence-corrected chi connectivity index (χ3v) is 8.88. The fourth-order valence-electron chi connectivity index (χ4n) is 6.49. The van der Waals surface area contributed by atoms with Gasteiger partial charge in [-0.25, -0.2) is 4.39 Å². The number of aromatic amines is 1. The summed E-state index contributed by atoms with van der Waals surface area (Å²) in [4.78, 5) is 31.7. The zero-order valence-electron chi connectivity index (χ0n) is 26.7. The molecule has 3 atom stereocenters. The van der Waals surface area contributed by atoms with Gasteiger partial charge in [-0.2, -0.15) is 5.10 Å². The molecule has 0 aliphatic carbocycles. The van der Waals surface area contributed by atoms with Crippen LogP contribution in [0.3, 0.4) is 0 Å². The lowest BCUT2D eigenvalue weighted by Gasteiger charge is -2.33. The van der Waals surface area contributed by atoms with Gasteiger partial charge in [0.15, 0.2) is 6.36 Å². The molecule has 0 bridgehead atoms. The lowest BCUT2D eigenvalue weighted by Crippen LogP contribution is -2.42. The van der Waals surface area contributed by atoms with Crippen LogP contribution < -0.4 is 11.1 Å². The van der Waals surface area contributed by atoms with E-state index in [0.717, 1.165) is 52.8 Å². The second-order valence-corrected chi connectivity index (χ2v) is 12.2. The first-order valence-corrected chi connectivity index (χ1v) is 15.9. The lowest BCUT2D eigenvalue weighted by atomic mass is 9.91. The van der Waals surface area contributed by atoms with Crippen LogP contribution in [-0.4, -0.2) is 64.1 Å². The number of nitrogens with zero attached hydrogens (tertiary/aromatic N) is 3. The number of hydrogen-bond acceptors (Lipinski definition) is 5. The monoisotopic (exact) mass is 616 g/mol. The topological polar surface area (TPSA) is 118 Å². The highest BCUT2D eigenvalue weighted by molar-refractivity contribution is 6.03. The Morgan fingerprint density at radius 1 is 1.20 bits per heavy atom. The predicted molar refractivity (Wildman–Crippen MR) is 175 cm³/mol. The number of benzene rings is 2. The van der Waals surface area contributed by atoms with E-state index in [9.17, 15) is 14.0 Å². The quantitative estimate of drug-likeness (QED) is 0.186. The Balaban J connectivity index is 1.17. The third-order valence-electron chi connectivity index (χ3n) is 8.88. The number of hydrogen-bond donors (Lipinski definition) is 3. The Labute approximate surface area is 264 Å². The Morgan fingerprint density at radius 2 is 1.98 bits per heavy atom. The van der Waals surface area contributed by atoms with Crippen molar-refractivity contribution in [1.29, 1.82) is 0 Å². The summed E-state index contributed by atoms with van der Waals surface area (Å²) in [5, 5.41) is 8.42. The van der Waals surface area contributed by atoms with E-state index < -0.39 is 6.36 Å². The Kier molecular flexibility index (Phi) is 10.4. The summed E-state index contributed by atoms with van der Waals surface area (Å²) < 4.78 is 20.3. The number of likely N-dealkylation sites (tertiary alicyclic amines) is 1. The number of fused-ring (bicyclic) bond motifs is 1. The number of carbonyl (C=O) groups excluding carboxylic acids is 2.